The van der Waals surface area contributed by atoms with Gasteiger partial charge in [-0.2, -0.15) is 0 Å². The van der Waals surface area contributed by atoms with E-state index >= 15 is 0 Å². The minimum atomic E-state index is 0.579. The first kappa shape index (κ1) is 13.9. The summed E-state index contributed by atoms with van der Waals surface area (Å²) in [5.74, 6) is 4.14. The van der Waals surface area contributed by atoms with E-state index in [4.69, 9.17) is 4.74 Å². The van der Waals surface area contributed by atoms with Crippen molar-refractivity contribution in [3.8, 4) is 0 Å². The van der Waals surface area contributed by atoms with Gasteiger partial charge in [0, 0.05) is 12.6 Å². The largest absolute Gasteiger partial charge is 0.378 e. The number of hydrogen-bond donors (Lipinski definition) is 1. The highest BCUT2D eigenvalue weighted by molar-refractivity contribution is 4.92. The SMILES string of the molecule is CCOC1CC(CC(CC2CC3CCC2C3)NC)C1. The Balaban J connectivity index is 1.39. The summed E-state index contributed by atoms with van der Waals surface area (Å²) in [6, 6.07) is 0.761. The van der Waals surface area contributed by atoms with Crippen LogP contribution in [0.2, 0.25) is 0 Å². The minimum Gasteiger partial charge on any atom is -0.378 e. The fourth-order valence-electron chi connectivity index (χ4n) is 5.00. The number of rotatable bonds is 7. The quantitative estimate of drug-likeness (QED) is 0.759. The molecule has 0 aromatic carbocycles. The molecule has 0 aliphatic heterocycles. The fraction of sp³-hybridized carbons (Fsp3) is 1.00. The van der Waals surface area contributed by atoms with Crippen LogP contribution in [-0.2, 0) is 4.74 Å². The Labute approximate surface area is 118 Å². The zero-order valence-corrected chi connectivity index (χ0v) is 12.7. The van der Waals surface area contributed by atoms with E-state index in [1.54, 1.807) is 6.42 Å². The van der Waals surface area contributed by atoms with Gasteiger partial charge >= 0.3 is 0 Å². The van der Waals surface area contributed by atoms with Crippen LogP contribution in [0.3, 0.4) is 0 Å². The van der Waals surface area contributed by atoms with Gasteiger partial charge < -0.3 is 10.1 Å². The van der Waals surface area contributed by atoms with Crippen LogP contribution in [0.25, 0.3) is 0 Å². The van der Waals surface area contributed by atoms with Gasteiger partial charge in [-0.25, -0.2) is 0 Å². The van der Waals surface area contributed by atoms with Gasteiger partial charge in [-0.05, 0) is 82.6 Å². The van der Waals surface area contributed by atoms with Crippen LogP contribution >= 0.6 is 0 Å². The molecular formula is C17H31NO. The smallest absolute Gasteiger partial charge is 0.0580 e. The number of nitrogens with one attached hydrogen (secondary N) is 1. The molecular weight excluding hydrogens is 234 g/mol. The molecule has 2 bridgehead atoms. The molecule has 2 heteroatoms. The van der Waals surface area contributed by atoms with Gasteiger partial charge in [-0.1, -0.05) is 6.42 Å². The predicted molar refractivity (Wildman–Crippen MR) is 79.2 cm³/mol. The van der Waals surface area contributed by atoms with Gasteiger partial charge in [0.1, 0.15) is 0 Å². The number of fused-ring (bicyclic) bond motifs is 2. The maximum atomic E-state index is 5.68. The van der Waals surface area contributed by atoms with Gasteiger partial charge in [0.15, 0.2) is 0 Å². The average molecular weight is 265 g/mol. The van der Waals surface area contributed by atoms with E-state index in [-0.39, 0.29) is 0 Å². The van der Waals surface area contributed by atoms with Crippen LogP contribution in [-0.4, -0.2) is 25.8 Å². The third-order valence-corrected chi connectivity index (χ3v) is 6.09. The summed E-state index contributed by atoms with van der Waals surface area (Å²) in [7, 11) is 2.16. The van der Waals surface area contributed by atoms with Crippen LogP contribution in [0.15, 0.2) is 0 Å². The van der Waals surface area contributed by atoms with Crippen molar-refractivity contribution in [1.82, 2.24) is 5.32 Å². The zero-order valence-electron chi connectivity index (χ0n) is 12.7. The third-order valence-electron chi connectivity index (χ3n) is 6.09. The summed E-state index contributed by atoms with van der Waals surface area (Å²) in [6.45, 7) is 3.00. The molecule has 3 aliphatic rings. The lowest BCUT2D eigenvalue weighted by molar-refractivity contribution is -0.0296. The van der Waals surface area contributed by atoms with Gasteiger partial charge in [0.2, 0.25) is 0 Å². The maximum absolute atomic E-state index is 5.68. The summed E-state index contributed by atoms with van der Waals surface area (Å²) in [5, 5.41) is 3.59. The average Bonchev–Trinajstić information content (AvgIpc) is 2.97. The van der Waals surface area contributed by atoms with E-state index in [2.05, 4.69) is 19.3 Å². The second-order valence-corrected chi connectivity index (χ2v) is 7.31. The van der Waals surface area contributed by atoms with Gasteiger partial charge in [0.05, 0.1) is 6.10 Å². The molecule has 110 valence electrons. The monoisotopic (exact) mass is 265 g/mol. The van der Waals surface area contributed by atoms with E-state index in [1.807, 2.05) is 0 Å². The van der Waals surface area contributed by atoms with Crippen molar-refractivity contribution in [2.75, 3.05) is 13.7 Å². The van der Waals surface area contributed by atoms with Crippen molar-refractivity contribution >= 4 is 0 Å². The summed E-state index contributed by atoms with van der Waals surface area (Å²) >= 11 is 0. The molecule has 1 N–H and O–H groups in total. The summed E-state index contributed by atoms with van der Waals surface area (Å²) in [5.41, 5.74) is 0. The van der Waals surface area contributed by atoms with Crippen LogP contribution in [0, 0.1) is 23.7 Å². The van der Waals surface area contributed by atoms with Crippen LogP contribution in [0.1, 0.15) is 58.3 Å². The lowest BCUT2D eigenvalue weighted by Gasteiger charge is -2.38. The Hall–Kier alpha value is -0.0800. The zero-order chi connectivity index (χ0) is 13.2. The molecule has 3 saturated carbocycles. The normalized spacial score (nSPS) is 42.3. The molecule has 3 aliphatic carbocycles. The molecule has 0 heterocycles. The Morgan fingerprint density at radius 2 is 1.95 bits per heavy atom. The highest BCUT2D eigenvalue weighted by Gasteiger charge is 2.40. The molecule has 4 unspecified atom stereocenters. The molecule has 2 nitrogen and oxygen atoms in total. The lowest BCUT2D eigenvalue weighted by atomic mass is 9.75. The van der Waals surface area contributed by atoms with Crippen molar-refractivity contribution in [1.29, 1.82) is 0 Å². The van der Waals surface area contributed by atoms with Crippen molar-refractivity contribution in [2.24, 2.45) is 23.7 Å². The summed E-state index contributed by atoms with van der Waals surface area (Å²) in [4.78, 5) is 0. The van der Waals surface area contributed by atoms with E-state index in [1.165, 1.54) is 44.9 Å². The highest BCUT2D eigenvalue weighted by Crippen LogP contribution is 2.50. The van der Waals surface area contributed by atoms with E-state index < -0.39 is 0 Å². The van der Waals surface area contributed by atoms with Crippen molar-refractivity contribution in [3.63, 3.8) is 0 Å². The highest BCUT2D eigenvalue weighted by atomic mass is 16.5. The molecule has 3 fully saturated rings. The topological polar surface area (TPSA) is 21.3 Å². The second-order valence-electron chi connectivity index (χ2n) is 7.31. The molecule has 0 amide bonds. The Kier molecular flexibility index (Phi) is 4.48. The molecule has 19 heavy (non-hydrogen) atoms. The van der Waals surface area contributed by atoms with Gasteiger partial charge in [-0.3, -0.25) is 0 Å². The Morgan fingerprint density at radius 3 is 2.53 bits per heavy atom. The second kappa shape index (κ2) is 6.13. The predicted octanol–water partition coefficient (Wildman–Crippen LogP) is 3.61. The lowest BCUT2D eigenvalue weighted by Crippen LogP contribution is -2.38. The first-order chi connectivity index (χ1) is 9.28. The molecule has 3 rings (SSSR count). The van der Waals surface area contributed by atoms with Gasteiger partial charge in [-0.15, -0.1) is 0 Å². The third kappa shape index (κ3) is 3.16. The molecule has 4 atom stereocenters. The molecule has 0 spiro atoms. The van der Waals surface area contributed by atoms with E-state index in [9.17, 15) is 0 Å². The van der Waals surface area contributed by atoms with Crippen LogP contribution in [0.4, 0.5) is 0 Å². The first-order valence-corrected chi connectivity index (χ1v) is 8.57. The summed E-state index contributed by atoms with van der Waals surface area (Å²) in [6.07, 6.45) is 12.2. The van der Waals surface area contributed by atoms with Crippen LogP contribution in [0.5, 0.6) is 0 Å². The maximum Gasteiger partial charge on any atom is 0.0580 e. The summed E-state index contributed by atoms with van der Waals surface area (Å²) < 4.78 is 5.68. The van der Waals surface area contributed by atoms with E-state index in [0.717, 1.165) is 36.3 Å². The van der Waals surface area contributed by atoms with Crippen molar-refractivity contribution < 1.29 is 4.74 Å². The number of ether oxygens (including phenoxy) is 1. The molecule has 0 aromatic rings. The standard InChI is InChI=1S/C17H31NO/c1-3-19-17-9-13(10-17)8-16(18-2)11-15-7-12-4-5-14(15)6-12/h12-18H,3-11H2,1-2H3. The minimum absolute atomic E-state index is 0.579. The molecule has 0 aromatic heterocycles. The fourth-order valence-corrected chi connectivity index (χ4v) is 5.00. The number of hydrogen-bond acceptors (Lipinski definition) is 2. The van der Waals surface area contributed by atoms with Crippen LogP contribution < -0.4 is 5.32 Å². The first-order valence-electron chi connectivity index (χ1n) is 8.57. The van der Waals surface area contributed by atoms with Crippen molar-refractivity contribution in [3.05, 3.63) is 0 Å². The van der Waals surface area contributed by atoms with Crippen molar-refractivity contribution in [2.45, 2.75) is 70.4 Å². The van der Waals surface area contributed by atoms with E-state index in [0.29, 0.717) is 6.10 Å². The molecule has 0 radical (unpaired) electrons. The Bertz CT molecular complexity index is 287. The molecule has 0 saturated heterocycles. The Morgan fingerprint density at radius 1 is 1.11 bits per heavy atom. The van der Waals surface area contributed by atoms with Gasteiger partial charge in [0.25, 0.3) is 0 Å².